The number of rotatable bonds is 4. The molecule has 0 unspecified atom stereocenters. The molecule has 0 aliphatic heterocycles. The van der Waals surface area contributed by atoms with Crippen LogP contribution in [0.2, 0.25) is 0 Å². The Balaban J connectivity index is 2.26. The van der Waals surface area contributed by atoms with Gasteiger partial charge in [-0.15, -0.1) is 0 Å². The van der Waals surface area contributed by atoms with E-state index >= 15 is 0 Å². The average molecular weight is 389 g/mol. The molecule has 0 amide bonds. The van der Waals surface area contributed by atoms with Crippen LogP contribution in [0.5, 0.6) is 0 Å². The molecule has 2 heteroatoms. The van der Waals surface area contributed by atoms with Crippen molar-refractivity contribution in [2.24, 2.45) is 0 Å². The molecule has 0 N–H and O–H groups in total. The summed E-state index contributed by atoms with van der Waals surface area (Å²) in [6.45, 7) is 2.16. The van der Waals surface area contributed by atoms with Crippen LogP contribution in [0.1, 0.15) is 5.56 Å². The summed E-state index contributed by atoms with van der Waals surface area (Å²) >= 11 is 8.14. The predicted molar refractivity (Wildman–Crippen MR) is 122 cm³/mol. The normalized spacial score (nSPS) is 12.9. The molecule has 0 aliphatic rings. The Labute approximate surface area is 166 Å². The van der Waals surface area contributed by atoms with E-state index in [1.54, 1.807) is 0 Å². The van der Waals surface area contributed by atoms with Crippen molar-refractivity contribution >= 4 is 38.4 Å². The third-order valence-corrected chi connectivity index (χ3v) is 12.8. The van der Waals surface area contributed by atoms with Gasteiger partial charge in [0.05, 0.1) is 0 Å². The van der Waals surface area contributed by atoms with Crippen LogP contribution in [0.4, 0.5) is 0 Å². The summed E-state index contributed by atoms with van der Waals surface area (Å²) in [5, 5.41) is 4.69. The second-order valence-electron chi connectivity index (χ2n) is 6.80. The molecule has 0 aliphatic carbocycles. The molecule has 0 nitrogen and oxygen atoms in total. The quantitative estimate of drug-likeness (QED) is 0.416. The maximum absolute atomic E-state index is 8.14. The van der Waals surface area contributed by atoms with E-state index in [2.05, 4.69) is 122 Å². The Bertz CT molecular complexity index is 944. The van der Waals surface area contributed by atoms with Crippen LogP contribution in [0, 0.1) is 6.92 Å². The molecule has 0 radical (unpaired) electrons. The first-order chi connectivity index (χ1) is 13.2. The van der Waals surface area contributed by atoms with Gasteiger partial charge in [0, 0.05) is 0 Å². The third-order valence-electron chi connectivity index (χ3n) is 5.29. The summed E-state index contributed by atoms with van der Waals surface area (Å²) in [6, 6.07) is 40.3. The molecule has 0 fully saturated rings. The minimum atomic E-state index is -3.39. The second kappa shape index (κ2) is 6.97. The van der Waals surface area contributed by atoms with Crippen molar-refractivity contribution in [2.45, 2.75) is 6.92 Å². The standard InChI is InChI=1S/C25H22ClP/c1-21-13-11-12-20-25(21)27(26,22-14-5-2-6-15-22,23-16-7-3-8-17-23)24-18-9-4-10-19-24/h2-20H,1H3. The first-order valence-corrected chi connectivity index (χ1v) is 12.3. The molecular weight excluding hydrogens is 367 g/mol. The van der Waals surface area contributed by atoms with Crippen molar-refractivity contribution < 1.29 is 0 Å². The van der Waals surface area contributed by atoms with Crippen LogP contribution in [0.3, 0.4) is 0 Å². The third kappa shape index (κ3) is 2.64. The van der Waals surface area contributed by atoms with Gasteiger partial charge in [0.15, 0.2) is 0 Å². The van der Waals surface area contributed by atoms with Gasteiger partial charge in [-0.25, -0.2) is 0 Å². The minimum absolute atomic E-state index is 1.16. The number of aryl methyl sites for hydroxylation is 1. The molecule has 0 saturated carbocycles. The van der Waals surface area contributed by atoms with E-state index in [1.165, 1.54) is 10.9 Å². The van der Waals surface area contributed by atoms with Crippen molar-refractivity contribution in [1.82, 2.24) is 0 Å². The van der Waals surface area contributed by atoms with Crippen LogP contribution < -0.4 is 21.2 Å². The molecule has 0 spiro atoms. The van der Waals surface area contributed by atoms with Crippen molar-refractivity contribution in [1.29, 1.82) is 0 Å². The van der Waals surface area contributed by atoms with Crippen molar-refractivity contribution in [3.8, 4) is 0 Å². The predicted octanol–water partition coefficient (Wildman–Crippen LogP) is 5.30. The Hall–Kier alpha value is -2.40. The molecule has 0 atom stereocenters. The van der Waals surface area contributed by atoms with E-state index < -0.39 is 5.96 Å². The van der Waals surface area contributed by atoms with Gasteiger partial charge in [-0.1, -0.05) is 0 Å². The molecule has 0 heterocycles. The molecule has 0 aromatic heterocycles. The van der Waals surface area contributed by atoms with Crippen LogP contribution in [-0.4, -0.2) is 0 Å². The second-order valence-corrected chi connectivity index (χ2v) is 12.9. The first-order valence-electron chi connectivity index (χ1n) is 9.12. The van der Waals surface area contributed by atoms with Gasteiger partial charge in [0.1, 0.15) is 0 Å². The van der Waals surface area contributed by atoms with Crippen molar-refractivity contribution in [2.75, 3.05) is 0 Å². The monoisotopic (exact) mass is 388 g/mol. The zero-order valence-electron chi connectivity index (χ0n) is 15.3. The van der Waals surface area contributed by atoms with Gasteiger partial charge in [-0.05, 0) is 0 Å². The molecule has 134 valence electrons. The van der Waals surface area contributed by atoms with E-state index in [0.29, 0.717) is 0 Å². The molecular formula is C25H22ClP. The van der Waals surface area contributed by atoms with E-state index in [1.807, 2.05) is 0 Å². The summed E-state index contributed by atoms with van der Waals surface area (Å²) < 4.78 is 0. The summed E-state index contributed by atoms with van der Waals surface area (Å²) in [6.07, 6.45) is 0. The molecule has 0 saturated heterocycles. The summed E-state index contributed by atoms with van der Waals surface area (Å²) in [7, 11) is 0. The van der Waals surface area contributed by atoms with Crippen LogP contribution in [0.25, 0.3) is 0 Å². The fourth-order valence-corrected chi connectivity index (χ4v) is 10.6. The van der Waals surface area contributed by atoms with Gasteiger partial charge >= 0.3 is 166 Å². The van der Waals surface area contributed by atoms with E-state index in [4.69, 9.17) is 11.2 Å². The van der Waals surface area contributed by atoms with Crippen molar-refractivity contribution in [3.05, 3.63) is 121 Å². The SMILES string of the molecule is Cc1ccccc1P(Cl)(c1ccccc1)(c1ccccc1)c1ccccc1. The van der Waals surface area contributed by atoms with Gasteiger partial charge in [0.2, 0.25) is 0 Å². The fraction of sp³-hybridized carbons (Fsp3) is 0.0400. The number of hydrogen-bond donors (Lipinski definition) is 0. The van der Waals surface area contributed by atoms with Crippen LogP contribution in [-0.2, 0) is 0 Å². The van der Waals surface area contributed by atoms with Crippen LogP contribution in [0.15, 0.2) is 115 Å². The number of halogens is 1. The number of hydrogen-bond acceptors (Lipinski definition) is 0. The molecule has 4 rings (SSSR count). The molecule has 27 heavy (non-hydrogen) atoms. The molecule has 4 aromatic carbocycles. The van der Waals surface area contributed by atoms with Gasteiger partial charge in [0.25, 0.3) is 0 Å². The van der Waals surface area contributed by atoms with E-state index in [-0.39, 0.29) is 0 Å². The zero-order valence-corrected chi connectivity index (χ0v) is 16.9. The Morgan fingerprint density at radius 1 is 0.481 bits per heavy atom. The Morgan fingerprint density at radius 3 is 1.19 bits per heavy atom. The average Bonchev–Trinajstić information content (AvgIpc) is 2.75. The Morgan fingerprint density at radius 2 is 0.815 bits per heavy atom. The summed E-state index contributed by atoms with van der Waals surface area (Å²) in [5.41, 5.74) is 1.21. The van der Waals surface area contributed by atoms with E-state index in [0.717, 1.165) is 15.9 Å². The van der Waals surface area contributed by atoms with Crippen LogP contribution >= 0.6 is 17.2 Å². The van der Waals surface area contributed by atoms with Crippen molar-refractivity contribution in [3.63, 3.8) is 0 Å². The summed E-state index contributed by atoms with van der Waals surface area (Å²) in [5.74, 6) is -3.39. The van der Waals surface area contributed by atoms with Gasteiger partial charge in [-0.2, -0.15) is 0 Å². The molecule has 4 aromatic rings. The Kier molecular flexibility index (Phi) is 4.64. The summed E-state index contributed by atoms with van der Waals surface area (Å²) in [4.78, 5) is 0. The zero-order chi connectivity index (χ0) is 18.8. The fourth-order valence-electron chi connectivity index (χ4n) is 4.02. The molecule has 0 bridgehead atoms. The van der Waals surface area contributed by atoms with Gasteiger partial charge in [-0.3, -0.25) is 0 Å². The first kappa shape index (κ1) is 18.0. The maximum atomic E-state index is 8.14. The number of benzene rings is 4. The van der Waals surface area contributed by atoms with E-state index in [9.17, 15) is 0 Å². The topological polar surface area (TPSA) is 0 Å². The van der Waals surface area contributed by atoms with Gasteiger partial charge < -0.3 is 0 Å².